The van der Waals surface area contributed by atoms with Gasteiger partial charge in [-0.05, 0) is 17.7 Å². The Morgan fingerprint density at radius 3 is 2.36 bits per heavy atom. The zero-order valence-electron chi connectivity index (χ0n) is 16.3. The van der Waals surface area contributed by atoms with E-state index < -0.39 is 5.97 Å². The van der Waals surface area contributed by atoms with Gasteiger partial charge in [0.15, 0.2) is 6.61 Å². The maximum absolute atomic E-state index is 12.6. The molecule has 0 fully saturated rings. The van der Waals surface area contributed by atoms with E-state index in [1.807, 2.05) is 30.3 Å². The van der Waals surface area contributed by atoms with E-state index in [0.717, 1.165) is 5.56 Å². The van der Waals surface area contributed by atoms with E-state index in [1.165, 1.54) is 20.3 Å². The molecular formula is C21H25NO6. The number of carbonyl (C=O) groups excluding carboxylic acids is 2. The monoisotopic (exact) mass is 387 g/mol. The maximum atomic E-state index is 12.6. The number of carbonyl (C=O) groups is 2. The Balaban J connectivity index is 2.01. The average Bonchev–Trinajstić information content (AvgIpc) is 2.74. The van der Waals surface area contributed by atoms with Gasteiger partial charge in [0.25, 0.3) is 5.91 Å². The Hall–Kier alpha value is -3.06. The highest BCUT2D eigenvalue weighted by Gasteiger charge is 2.19. The van der Waals surface area contributed by atoms with Crippen LogP contribution in [-0.2, 0) is 20.8 Å². The molecule has 2 rings (SSSR count). The van der Waals surface area contributed by atoms with Crippen LogP contribution >= 0.6 is 0 Å². The molecule has 2 aromatic rings. The van der Waals surface area contributed by atoms with Crippen LogP contribution in [0.5, 0.6) is 11.5 Å². The molecule has 0 aliphatic carbocycles. The van der Waals surface area contributed by atoms with Crippen LogP contribution in [0.3, 0.4) is 0 Å². The highest BCUT2D eigenvalue weighted by Crippen LogP contribution is 2.25. The van der Waals surface area contributed by atoms with Crippen LogP contribution in [0.1, 0.15) is 15.9 Å². The summed E-state index contributed by atoms with van der Waals surface area (Å²) in [7, 11) is 4.54. The number of rotatable bonds is 10. The molecule has 1 amide bonds. The van der Waals surface area contributed by atoms with Crippen LogP contribution in [0.4, 0.5) is 0 Å². The van der Waals surface area contributed by atoms with Gasteiger partial charge in [-0.25, -0.2) is 4.79 Å². The van der Waals surface area contributed by atoms with Gasteiger partial charge in [-0.2, -0.15) is 0 Å². The predicted molar refractivity (Wildman–Crippen MR) is 104 cm³/mol. The molecule has 7 nitrogen and oxygen atoms in total. The van der Waals surface area contributed by atoms with Gasteiger partial charge in [-0.1, -0.05) is 30.3 Å². The summed E-state index contributed by atoms with van der Waals surface area (Å²) in [5.41, 5.74) is 1.21. The van der Waals surface area contributed by atoms with Crippen LogP contribution in [0, 0.1) is 0 Å². The van der Waals surface area contributed by atoms with Crippen molar-refractivity contribution in [3.8, 4) is 11.5 Å². The summed E-state index contributed by atoms with van der Waals surface area (Å²) in [5.74, 6) is -0.0728. The van der Waals surface area contributed by atoms with E-state index in [2.05, 4.69) is 0 Å². The largest absolute Gasteiger partial charge is 0.497 e. The minimum absolute atomic E-state index is 0.225. The summed E-state index contributed by atoms with van der Waals surface area (Å²) in [5, 5.41) is 0. The van der Waals surface area contributed by atoms with E-state index in [-0.39, 0.29) is 18.1 Å². The molecule has 0 spiro atoms. The Morgan fingerprint density at radius 2 is 1.71 bits per heavy atom. The number of nitrogens with zero attached hydrogens (tertiary/aromatic N) is 1. The molecule has 0 N–H and O–H groups in total. The molecule has 0 bridgehead atoms. The number of methoxy groups -OCH3 is 3. The molecule has 28 heavy (non-hydrogen) atoms. The normalized spacial score (nSPS) is 10.2. The van der Waals surface area contributed by atoms with Gasteiger partial charge in [0, 0.05) is 26.3 Å². The second kappa shape index (κ2) is 10.9. The smallest absolute Gasteiger partial charge is 0.342 e. The zero-order chi connectivity index (χ0) is 20.4. The number of esters is 1. The Kier molecular flexibility index (Phi) is 8.30. The lowest BCUT2D eigenvalue weighted by Crippen LogP contribution is -2.36. The van der Waals surface area contributed by atoms with Crippen molar-refractivity contribution in [1.29, 1.82) is 0 Å². The third-order valence-corrected chi connectivity index (χ3v) is 4.09. The molecule has 0 atom stereocenters. The van der Waals surface area contributed by atoms with Crippen molar-refractivity contribution in [3.63, 3.8) is 0 Å². The van der Waals surface area contributed by atoms with Gasteiger partial charge in [-0.3, -0.25) is 4.79 Å². The SMILES string of the molecule is COCCN(Cc1ccccc1)C(=O)COC(=O)c1ccc(OC)cc1OC. The average molecular weight is 387 g/mol. The van der Waals surface area contributed by atoms with Gasteiger partial charge in [-0.15, -0.1) is 0 Å². The van der Waals surface area contributed by atoms with E-state index >= 15 is 0 Å². The standard InChI is InChI=1S/C21H25NO6/c1-25-12-11-22(14-16-7-5-4-6-8-16)20(23)15-28-21(24)18-10-9-17(26-2)13-19(18)27-3/h4-10,13H,11-12,14-15H2,1-3H3. The molecule has 0 saturated heterocycles. The number of hydrogen-bond donors (Lipinski definition) is 0. The van der Waals surface area contributed by atoms with E-state index in [9.17, 15) is 9.59 Å². The van der Waals surface area contributed by atoms with Crippen molar-refractivity contribution < 1.29 is 28.5 Å². The van der Waals surface area contributed by atoms with Crippen molar-refractivity contribution >= 4 is 11.9 Å². The number of hydrogen-bond acceptors (Lipinski definition) is 6. The quantitative estimate of drug-likeness (QED) is 0.583. The molecular weight excluding hydrogens is 362 g/mol. The van der Waals surface area contributed by atoms with Crippen LogP contribution in [-0.4, -0.2) is 57.9 Å². The van der Waals surface area contributed by atoms with Gasteiger partial charge < -0.3 is 23.8 Å². The minimum atomic E-state index is -0.640. The molecule has 0 saturated carbocycles. The second-order valence-corrected chi connectivity index (χ2v) is 5.94. The van der Waals surface area contributed by atoms with Crippen LogP contribution in [0.15, 0.2) is 48.5 Å². The lowest BCUT2D eigenvalue weighted by atomic mass is 10.2. The van der Waals surface area contributed by atoms with Gasteiger partial charge in [0.2, 0.25) is 0 Å². The fourth-order valence-corrected chi connectivity index (χ4v) is 2.56. The molecule has 0 unspecified atom stereocenters. The Morgan fingerprint density at radius 1 is 0.964 bits per heavy atom. The zero-order valence-corrected chi connectivity index (χ0v) is 16.3. The predicted octanol–water partition coefficient (Wildman–Crippen LogP) is 2.54. The van der Waals surface area contributed by atoms with E-state index in [4.69, 9.17) is 18.9 Å². The number of ether oxygens (including phenoxy) is 4. The van der Waals surface area contributed by atoms with E-state index in [1.54, 1.807) is 24.1 Å². The molecule has 2 aromatic carbocycles. The van der Waals surface area contributed by atoms with Crippen LogP contribution in [0.2, 0.25) is 0 Å². The highest BCUT2D eigenvalue weighted by molar-refractivity contribution is 5.94. The third kappa shape index (κ3) is 5.99. The summed E-state index contributed by atoms with van der Waals surface area (Å²) in [6.07, 6.45) is 0. The molecule has 0 radical (unpaired) electrons. The summed E-state index contributed by atoms with van der Waals surface area (Å²) >= 11 is 0. The van der Waals surface area contributed by atoms with Crippen molar-refractivity contribution in [2.24, 2.45) is 0 Å². The van der Waals surface area contributed by atoms with Crippen molar-refractivity contribution in [1.82, 2.24) is 4.90 Å². The topological polar surface area (TPSA) is 74.3 Å². The lowest BCUT2D eigenvalue weighted by Gasteiger charge is -2.22. The summed E-state index contributed by atoms with van der Waals surface area (Å²) in [6, 6.07) is 14.3. The van der Waals surface area contributed by atoms with Gasteiger partial charge >= 0.3 is 5.97 Å². The Bertz CT molecular complexity index is 778. The Labute approximate surface area is 164 Å². The summed E-state index contributed by atoms with van der Waals surface area (Å²) in [4.78, 5) is 26.6. The summed E-state index contributed by atoms with van der Waals surface area (Å²) in [6.45, 7) is 0.823. The highest BCUT2D eigenvalue weighted by atomic mass is 16.5. The maximum Gasteiger partial charge on any atom is 0.342 e. The van der Waals surface area contributed by atoms with Crippen molar-refractivity contribution in [2.75, 3.05) is 41.1 Å². The van der Waals surface area contributed by atoms with Crippen LogP contribution < -0.4 is 9.47 Å². The molecule has 150 valence electrons. The molecule has 0 heterocycles. The van der Waals surface area contributed by atoms with Crippen molar-refractivity contribution in [2.45, 2.75) is 6.54 Å². The fourth-order valence-electron chi connectivity index (χ4n) is 2.56. The lowest BCUT2D eigenvalue weighted by molar-refractivity contribution is -0.135. The molecule has 0 aliphatic rings. The van der Waals surface area contributed by atoms with Gasteiger partial charge in [0.05, 0.1) is 20.8 Å². The van der Waals surface area contributed by atoms with Gasteiger partial charge in [0.1, 0.15) is 17.1 Å². The number of benzene rings is 2. The first-order valence-corrected chi connectivity index (χ1v) is 8.78. The molecule has 7 heteroatoms. The first-order valence-electron chi connectivity index (χ1n) is 8.78. The van der Waals surface area contributed by atoms with Crippen LogP contribution in [0.25, 0.3) is 0 Å². The van der Waals surface area contributed by atoms with Crippen molar-refractivity contribution in [3.05, 3.63) is 59.7 Å². The second-order valence-electron chi connectivity index (χ2n) is 5.94. The third-order valence-electron chi connectivity index (χ3n) is 4.09. The first kappa shape index (κ1) is 21.2. The number of amides is 1. The van der Waals surface area contributed by atoms with E-state index in [0.29, 0.717) is 31.2 Å². The fraction of sp³-hybridized carbons (Fsp3) is 0.333. The minimum Gasteiger partial charge on any atom is -0.497 e. The summed E-state index contributed by atoms with van der Waals surface area (Å²) < 4.78 is 20.6. The first-order chi connectivity index (χ1) is 13.6. The molecule has 0 aliphatic heterocycles. The molecule has 0 aromatic heterocycles.